The van der Waals surface area contributed by atoms with E-state index in [4.69, 9.17) is 16.1 Å². The van der Waals surface area contributed by atoms with Gasteiger partial charge in [0.15, 0.2) is 5.76 Å². The molecule has 0 spiro atoms. The summed E-state index contributed by atoms with van der Waals surface area (Å²) in [7, 11) is 0. The van der Waals surface area contributed by atoms with Crippen molar-refractivity contribution in [3.8, 4) is 11.3 Å². The third-order valence-electron chi connectivity index (χ3n) is 3.70. The Bertz CT molecular complexity index is 869. The third kappa shape index (κ3) is 3.84. The number of hydrogen-bond acceptors (Lipinski definition) is 3. The molecule has 0 atom stereocenters. The normalized spacial score (nSPS) is 10.6. The zero-order chi connectivity index (χ0) is 17.1. The first kappa shape index (κ1) is 16.3. The molecule has 0 aliphatic rings. The van der Waals surface area contributed by atoms with Crippen LogP contribution in [0.2, 0.25) is 5.02 Å². The summed E-state index contributed by atoms with van der Waals surface area (Å²) < 4.78 is 5.31. The van der Waals surface area contributed by atoms with E-state index in [1.54, 1.807) is 18.2 Å². The molecule has 0 bridgehead atoms. The van der Waals surface area contributed by atoms with Crippen LogP contribution in [0.25, 0.3) is 11.3 Å². The second-order valence-corrected chi connectivity index (χ2v) is 6.17. The van der Waals surface area contributed by atoms with Gasteiger partial charge >= 0.3 is 0 Å². The number of amides is 1. The van der Waals surface area contributed by atoms with Gasteiger partial charge in [0.25, 0.3) is 0 Å². The molecule has 3 aromatic rings. The van der Waals surface area contributed by atoms with Gasteiger partial charge in [0.2, 0.25) is 5.91 Å². The molecular weight excluding hydrogens is 324 g/mol. The van der Waals surface area contributed by atoms with E-state index < -0.39 is 0 Å². The Balaban J connectivity index is 1.69. The first-order valence-electron chi connectivity index (χ1n) is 7.60. The molecule has 2 aromatic carbocycles. The van der Waals surface area contributed by atoms with Crippen LogP contribution in [0.1, 0.15) is 16.8 Å². The van der Waals surface area contributed by atoms with Gasteiger partial charge in [0, 0.05) is 22.3 Å². The Morgan fingerprint density at radius 1 is 1.12 bits per heavy atom. The Kier molecular flexibility index (Phi) is 4.67. The van der Waals surface area contributed by atoms with E-state index in [1.165, 1.54) is 0 Å². The van der Waals surface area contributed by atoms with Crippen LogP contribution < -0.4 is 5.32 Å². The summed E-state index contributed by atoms with van der Waals surface area (Å²) in [5.41, 5.74) is 4.40. The van der Waals surface area contributed by atoms with Crippen molar-refractivity contribution in [2.24, 2.45) is 0 Å². The maximum absolute atomic E-state index is 12.2. The minimum Gasteiger partial charge on any atom is -0.356 e. The summed E-state index contributed by atoms with van der Waals surface area (Å²) in [4.78, 5) is 12.2. The molecule has 24 heavy (non-hydrogen) atoms. The predicted molar refractivity (Wildman–Crippen MR) is 95.2 cm³/mol. The molecule has 1 aromatic heterocycles. The zero-order valence-corrected chi connectivity index (χ0v) is 14.2. The molecule has 1 heterocycles. The predicted octanol–water partition coefficient (Wildman–Crippen LogP) is 4.79. The number of aromatic nitrogens is 1. The van der Waals surface area contributed by atoms with Crippen molar-refractivity contribution in [1.82, 2.24) is 5.16 Å². The van der Waals surface area contributed by atoms with Crippen molar-refractivity contribution in [1.29, 1.82) is 0 Å². The average Bonchev–Trinajstić information content (AvgIpc) is 3.00. The van der Waals surface area contributed by atoms with Crippen LogP contribution in [-0.2, 0) is 11.2 Å². The van der Waals surface area contributed by atoms with Gasteiger partial charge in [-0.15, -0.1) is 0 Å². The molecule has 1 amide bonds. The lowest BCUT2D eigenvalue weighted by Gasteiger charge is -2.08. The molecule has 122 valence electrons. The molecule has 0 fully saturated rings. The number of anilines is 1. The molecule has 0 saturated heterocycles. The van der Waals surface area contributed by atoms with Crippen LogP contribution in [0.3, 0.4) is 0 Å². The van der Waals surface area contributed by atoms with Gasteiger partial charge in [-0.1, -0.05) is 28.9 Å². The number of carbonyl (C=O) groups is 1. The number of hydrogen-bond donors (Lipinski definition) is 1. The van der Waals surface area contributed by atoms with Crippen molar-refractivity contribution in [3.05, 3.63) is 70.4 Å². The molecular formula is C19H17ClN2O2. The van der Waals surface area contributed by atoms with Gasteiger partial charge in [-0.2, -0.15) is 0 Å². The Labute approximate surface area is 145 Å². The lowest BCUT2D eigenvalue weighted by Crippen LogP contribution is -2.15. The highest BCUT2D eigenvalue weighted by molar-refractivity contribution is 6.30. The molecule has 0 radical (unpaired) electrons. The summed E-state index contributed by atoms with van der Waals surface area (Å²) in [5.74, 6) is 0.487. The standard InChI is InChI=1S/C19H17ClN2O2/c1-12-3-4-13(2)17(9-12)21-19(23)11-16-10-18(24-22-16)14-5-7-15(20)8-6-14/h3-10H,11H2,1-2H3,(H,21,23). The first-order chi connectivity index (χ1) is 11.5. The van der Waals surface area contributed by atoms with Gasteiger partial charge in [0.05, 0.1) is 12.1 Å². The average molecular weight is 341 g/mol. The van der Waals surface area contributed by atoms with Crippen LogP contribution in [0.4, 0.5) is 5.69 Å². The van der Waals surface area contributed by atoms with E-state index in [0.29, 0.717) is 16.5 Å². The first-order valence-corrected chi connectivity index (χ1v) is 7.98. The SMILES string of the molecule is Cc1ccc(C)c(NC(=O)Cc2cc(-c3ccc(Cl)cc3)on2)c1. The smallest absolute Gasteiger partial charge is 0.230 e. The number of nitrogens with zero attached hydrogens (tertiary/aromatic N) is 1. The largest absolute Gasteiger partial charge is 0.356 e. The van der Waals surface area contributed by atoms with Gasteiger partial charge in [0.1, 0.15) is 0 Å². The number of nitrogens with one attached hydrogen (secondary N) is 1. The maximum Gasteiger partial charge on any atom is 0.230 e. The van der Waals surface area contributed by atoms with Crippen LogP contribution in [0.5, 0.6) is 0 Å². The lowest BCUT2D eigenvalue weighted by atomic mass is 10.1. The molecule has 0 aliphatic carbocycles. The highest BCUT2D eigenvalue weighted by Crippen LogP contribution is 2.23. The second kappa shape index (κ2) is 6.89. The molecule has 0 saturated carbocycles. The Morgan fingerprint density at radius 3 is 2.62 bits per heavy atom. The summed E-state index contributed by atoms with van der Waals surface area (Å²) in [6.45, 7) is 3.95. The van der Waals surface area contributed by atoms with Crippen molar-refractivity contribution in [2.45, 2.75) is 20.3 Å². The fraction of sp³-hybridized carbons (Fsp3) is 0.158. The molecule has 0 unspecified atom stereocenters. The van der Waals surface area contributed by atoms with E-state index in [-0.39, 0.29) is 12.3 Å². The molecule has 3 rings (SSSR count). The minimum atomic E-state index is -0.125. The molecule has 5 heteroatoms. The Hall–Kier alpha value is -2.59. The van der Waals surface area contributed by atoms with Crippen LogP contribution in [-0.4, -0.2) is 11.1 Å². The third-order valence-corrected chi connectivity index (χ3v) is 3.95. The summed E-state index contributed by atoms with van der Waals surface area (Å²) in [6.07, 6.45) is 0.157. The van der Waals surface area contributed by atoms with Crippen molar-refractivity contribution in [3.63, 3.8) is 0 Å². The van der Waals surface area contributed by atoms with E-state index >= 15 is 0 Å². The maximum atomic E-state index is 12.2. The minimum absolute atomic E-state index is 0.125. The quantitative estimate of drug-likeness (QED) is 0.742. The highest BCUT2D eigenvalue weighted by Gasteiger charge is 2.12. The second-order valence-electron chi connectivity index (χ2n) is 5.73. The van der Waals surface area contributed by atoms with Crippen molar-refractivity contribution in [2.75, 3.05) is 5.32 Å². The van der Waals surface area contributed by atoms with Gasteiger partial charge in [-0.05, 0) is 55.3 Å². The molecule has 1 N–H and O–H groups in total. The van der Waals surface area contributed by atoms with Gasteiger partial charge in [-0.25, -0.2) is 0 Å². The lowest BCUT2D eigenvalue weighted by molar-refractivity contribution is -0.115. The van der Waals surface area contributed by atoms with Crippen LogP contribution in [0.15, 0.2) is 53.1 Å². The number of benzene rings is 2. The summed E-state index contributed by atoms with van der Waals surface area (Å²) in [6, 6.07) is 15.0. The van der Waals surface area contributed by atoms with E-state index in [2.05, 4.69) is 10.5 Å². The van der Waals surface area contributed by atoms with Gasteiger partial charge in [-0.3, -0.25) is 4.79 Å². The van der Waals surface area contributed by atoms with E-state index in [9.17, 15) is 4.79 Å². The molecule has 4 nitrogen and oxygen atoms in total. The topological polar surface area (TPSA) is 55.1 Å². The number of rotatable bonds is 4. The van der Waals surface area contributed by atoms with Gasteiger partial charge < -0.3 is 9.84 Å². The highest BCUT2D eigenvalue weighted by atomic mass is 35.5. The number of halogens is 1. The van der Waals surface area contributed by atoms with Crippen LogP contribution >= 0.6 is 11.6 Å². The van der Waals surface area contributed by atoms with E-state index in [1.807, 2.05) is 44.2 Å². The van der Waals surface area contributed by atoms with E-state index in [0.717, 1.165) is 22.4 Å². The summed E-state index contributed by atoms with van der Waals surface area (Å²) >= 11 is 5.87. The fourth-order valence-electron chi connectivity index (χ4n) is 2.37. The van der Waals surface area contributed by atoms with Crippen molar-refractivity contribution < 1.29 is 9.32 Å². The fourth-order valence-corrected chi connectivity index (χ4v) is 2.50. The van der Waals surface area contributed by atoms with Crippen LogP contribution in [0, 0.1) is 13.8 Å². The molecule has 0 aliphatic heterocycles. The van der Waals surface area contributed by atoms with Crippen molar-refractivity contribution >= 4 is 23.2 Å². The zero-order valence-electron chi connectivity index (χ0n) is 13.5. The monoisotopic (exact) mass is 340 g/mol. The Morgan fingerprint density at radius 2 is 1.88 bits per heavy atom. The summed E-state index contributed by atoms with van der Waals surface area (Å²) in [5, 5.41) is 7.54. The number of carbonyl (C=O) groups excluding carboxylic acids is 1. The number of aryl methyl sites for hydroxylation is 2.